The normalized spacial score (nSPS) is 31.5. The summed E-state index contributed by atoms with van der Waals surface area (Å²) in [5.74, 6) is -1.46. The van der Waals surface area contributed by atoms with Gasteiger partial charge in [-0.15, -0.1) is 6.58 Å². The summed E-state index contributed by atoms with van der Waals surface area (Å²) in [7, 11) is 4.35. The van der Waals surface area contributed by atoms with Crippen molar-refractivity contribution in [1.82, 2.24) is 10.6 Å². The van der Waals surface area contributed by atoms with Gasteiger partial charge in [0.2, 0.25) is 5.78 Å². The molecule has 0 saturated heterocycles. The number of carbonyl (C=O) groups is 3. The number of carbonyl (C=O) groups excluding carboxylic acids is 3. The van der Waals surface area contributed by atoms with Gasteiger partial charge in [0.05, 0.1) is 23.6 Å². The Bertz CT molecular complexity index is 1260. The zero-order chi connectivity index (χ0) is 33.0. The van der Waals surface area contributed by atoms with Gasteiger partial charge in [0.1, 0.15) is 18.9 Å². The highest BCUT2D eigenvalue weighted by Crippen LogP contribution is 2.29. The smallest absolute Gasteiger partial charge is 0.405 e. The van der Waals surface area contributed by atoms with Crippen LogP contribution in [0.5, 0.6) is 0 Å². The molecule has 44 heavy (non-hydrogen) atoms. The summed E-state index contributed by atoms with van der Waals surface area (Å²) in [5, 5.41) is 21.3. The number of ether oxygens (including phenoxy) is 3. The number of rotatable bonds is 7. The topological polar surface area (TPSA) is 171 Å². The molecule has 0 unspecified atom stereocenters. The van der Waals surface area contributed by atoms with Crippen LogP contribution in [-0.2, 0) is 28.6 Å². The van der Waals surface area contributed by atoms with Crippen LogP contribution < -0.4 is 16.4 Å². The molecule has 242 valence electrons. The maximum absolute atomic E-state index is 13.8. The third-order valence-corrected chi connectivity index (χ3v) is 7.42. The molecule has 1 aliphatic carbocycles. The highest BCUT2D eigenvalue weighted by atomic mass is 16.6. The van der Waals surface area contributed by atoms with Crippen molar-refractivity contribution in [2.45, 2.75) is 65.0 Å². The number of fused-ring (bicyclic) bond motifs is 2. The Morgan fingerprint density at radius 1 is 1.23 bits per heavy atom. The number of aliphatic hydroxyl groups excluding tert-OH is 1. The van der Waals surface area contributed by atoms with E-state index in [4.69, 9.17) is 24.8 Å². The second-order valence-corrected chi connectivity index (χ2v) is 10.9. The zero-order valence-electron chi connectivity index (χ0n) is 26.6. The molecule has 2 bridgehead atoms. The van der Waals surface area contributed by atoms with Crippen molar-refractivity contribution >= 4 is 23.5 Å². The molecular weight excluding hydrogens is 568 g/mol. The van der Waals surface area contributed by atoms with Gasteiger partial charge in [-0.2, -0.15) is 0 Å². The molecule has 0 saturated carbocycles. The number of hydrogen-bond donors (Lipinski definition) is 4. The average Bonchev–Trinajstić information content (AvgIpc) is 2.98. The van der Waals surface area contributed by atoms with Gasteiger partial charge in [-0.05, 0) is 44.3 Å². The van der Waals surface area contributed by atoms with E-state index < -0.39 is 42.3 Å². The molecule has 0 radical (unpaired) electrons. The molecule has 1 aliphatic heterocycles. The first-order chi connectivity index (χ1) is 20.9. The van der Waals surface area contributed by atoms with E-state index in [1.807, 2.05) is 13.8 Å². The maximum atomic E-state index is 13.8. The molecule has 12 heteroatoms. The van der Waals surface area contributed by atoms with Crippen LogP contribution in [0.15, 0.2) is 76.3 Å². The monoisotopic (exact) mass is 614 g/mol. The number of primary amides is 1. The molecule has 0 aromatic heterocycles. The van der Waals surface area contributed by atoms with Gasteiger partial charge in [-0.1, -0.05) is 49.4 Å². The van der Waals surface area contributed by atoms with E-state index in [9.17, 15) is 19.5 Å². The molecule has 2 amide bonds. The third kappa shape index (κ3) is 9.76. The molecular formula is C32H46N4O8. The van der Waals surface area contributed by atoms with Crippen molar-refractivity contribution in [2.24, 2.45) is 22.7 Å². The van der Waals surface area contributed by atoms with Gasteiger partial charge in [-0.3, -0.25) is 9.59 Å². The number of aliphatic hydroxyl groups is 1. The molecule has 0 fully saturated rings. The van der Waals surface area contributed by atoms with E-state index in [1.54, 1.807) is 44.2 Å². The van der Waals surface area contributed by atoms with Gasteiger partial charge >= 0.3 is 6.09 Å². The Hall–Kier alpha value is -4.00. The first-order valence-corrected chi connectivity index (χ1v) is 14.4. The summed E-state index contributed by atoms with van der Waals surface area (Å²) >= 11 is 0. The van der Waals surface area contributed by atoms with E-state index in [0.717, 1.165) is 0 Å². The van der Waals surface area contributed by atoms with Gasteiger partial charge < -0.3 is 40.5 Å². The highest BCUT2D eigenvalue weighted by molar-refractivity contribution is 6.25. The Labute approximate surface area is 259 Å². The first-order valence-electron chi connectivity index (χ1n) is 14.4. The number of nitrogens with zero attached hydrogens (tertiary/aromatic N) is 1. The van der Waals surface area contributed by atoms with Crippen LogP contribution >= 0.6 is 0 Å². The number of ketones is 1. The number of oxime groups is 1. The lowest BCUT2D eigenvalue weighted by atomic mass is 9.85. The van der Waals surface area contributed by atoms with Crippen molar-refractivity contribution in [3.63, 3.8) is 0 Å². The number of allylic oxidation sites excluding steroid dienone is 4. The fourth-order valence-electron chi connectivity index (χ4n) is 5.14. The van der Waals surface area contributed by atoms with E-state index in [1.165, 1.54) is 27.4 Å². The molecule has 0 spiro atoms. The number of hydrogen-bond acceptors (Lipinski definition) is 10. The summed E-state index contributed by atoms with van der Waals surface area (Å²) in [5.41, 5.74) is 7.49. The van der Waals surface area contributed by atoms with E-state index >= 15 is 0 Å². The number of nitrogens with two attached hydrogens (primary N) is 1. The van der Waals surface area contributed by atoms with Crippen molar-refractivity contribution in [2.75, 3.05) is 27.9 Å². The van der Waals surface area contributed by atoms with Crippen LogP contribution in [0.2, 0.25) is 0 Å². The Kier molecular flexibility index (Phi) is 14.3. The quantitative estimate of drug-likeness (QED) is 0.191. The van der Waals surface area contributed by atoms with Crippen LogP contribution in [0.4, 0.5) is 4.79 Å². The summed E-state index contributed by atoms with van der Waals surface area (Å²) in [4.78, 5) is 43.8. The minimum absolute atomic E-state index is 0.0354. The largest absolute Gasteiger partial charge is 0.439 e. The SMILES string of the molecule is C=CCNC1=C2C[C@@H](C)C[C@H](OC)[C@H](O)[C@@H](C)/C=C(\C)[C@H](OC(N)=O)[C@@H](OC)/C=C\C=C(/C)C(=O)NC(=C/C1=N\OC)C2=O. The molecule has 6 atom stereocenters. The molecule has 0 aromatic rings. The molecule has 5 N–H and O–H groups in total. The van der Waals surface area contributed by atoms with Gasteiger partial charge in [-0.25, -0.2) is 4.79 Å². The predicted octanol–water partition coefficient (Wildman–Crippen LogP) is 2.97. The number of nitrogens with one attached hydrogen (secondary N) is 2. The Balaban J connectivity index is 2.69. The lowest BCUT2D eigenvalue weighted by Gasteiger charge is -2.30. The van der Waals surface area contributed by atoms with Gasteiger partial charge in [0, 0.05) is 37.8 Å². The average molecular weight is 615 g/mol. The van der Waals surface area contributed by atoms with E-state index in [-0.39, 0.29) is 23.8 Å². The number of Topliss-reactive ketones (excluding diaryl/α,β-unsaturated/α-hetero) is 1. The van der Waals surface area contributed by atoms with Crippen molar-refractivity contribution in [1.29, 1.82) is 0 Å². The van der Waals surface area contributed by atoms with Crippen LogP contribution in [0.25, 0.3) is 0 Å². The molecule has 2 aliphatic rings. The molecule has 0 aromatic carbocycles. The second kappa shape index (κ2) is 17.3. The lowest BCUT2D eigenvalue weighted by molar-refractivity contribution is -0.119. The standard InChI is InChI=1S/C32H46N4O8/c1-9-13-34-27-22-14-18(2)15-26(42-7)28(37)20(4)16-21(5)30(44-32(33)40)25(41-6)12-10-11-19(3)31(39)35-24(29(22)38)17-23(27)36-43-8/h9-12,16-18,20,25-26,28,30,34,37H,1,13-15H2,2-8H3,(H2,33,40)(H,35,39)/b12-10-,19-11+,21-16+,36-23+/t18-,20+,25+,26+,28-,30+/m1/s1. The fraction of sp³-hybridized carbons (Fsp3) is 0.500. The summed E-state index contributed by atoms with van der Waals surface area (Å²) in [6.45, 7) is 11.2. The molecule has 12 nitrogen and oxygen atoms in total. The van der Waals surface area contributed by atoms with E-state index in [0.29, 0.717) is 41.1 Å². The maximum Gasteiger partial charge on any atom is 0.405 e. The minimum atomic E-state index is -0.990. The van der Waals surface area contributed by atoms with Crippen LogP contribution in [0.1, 0.15) is 40.5 Å². The van der Waals surface area contributed by atoms with E-state index in [2.05, 4.69) is 22.4 Å². The summed E-state index contributed by atoms with van der Waals surface area (Å²) in [6, 6.07) is 0. The van der Waals surface area contributed by atoms with Crippen molar-refractivity contribution in [3.8, 4) is 0 Å². The number of amides is 2. The van der Waals surface area contributed by atoms with Crippen LogP contribution in [0, 0.1) is 11.8 Å². The third-order valence-electron chi connectivity index (χ3n) is 7.42. The van der Waals surface area contributed by atoms with Crippen molar-refractivity contribution in [3.05, 3.63) is 71.1 Å². The zero-order valence-corrected chi connectivity index (χ0v) is 26.6. The summed E-state index contributed by atoms with van der Waals surface area (Å²) in [6.07, 6.45) is 6.12. The molecule has 2 rings (SSSR count). The predicted molar refractivity (Wildman–Crippen MR) is 167 cm³/mol. The fourth-order valence-corrected chi connectivity index (χ4v) is 5.14. The van der Waals surface area contributed by atoms with Gasteiger partial charge in [0.15, 0.2) is 6.10 Å². The van der Waals surface area contributed by atoms with Gasteiger partial charge in [0.25, 0.3) is 5.91 Å². The minimum Gasteiger partial charge on any atom is -0.439 e. The van der Waals surface area contributed by atoms with Crippen LogP contribution in [0.3, 0.4) is 0 Å². The Morgan fingerprint density at radius 3 is 2.52 bits per heavy atom. The first kappa shape index (κ1) is 36.2. The van der Waals surface area contributed by atoms with Crippen molar-refractivity contribution < 1.29 is 38.5 Å². The van der Waals surface area contributed by atoms with Crippen LogP contribution in [-0.4, -0.2) is 80.9 Å². The lowest BCUT2D eigenvalue weighted by Crippen LogP contribution is -2.38. The highest BCUT2D eigenvalue weighted by Gasteiger charge is 2.33. The molecule has 1 heterocycles. The summed E-state index contributed by atoms with van der Waals surface area (Å²) < 4.78 is 16.7. The number of methoxy groups -OCH3 is 2. The Morgan fingerprint density at radius 2 is 1.93 bits per heavy atom. The second-order valence-electron chi connectivity index (χ2n) is 10.9.